The van der Waals surface area contributed by atoms with Crippen LogP contribution in [0.1, 0.15) is 19.4 Å². The quantitative estimate of drug-likeness (QED) is 0.764. The van der Waals surface area contributed by atoms with E-state index in [1.165, 1.54) is 5.56 Å². The molecule has 4 nitrogen and oxygen atoms in total. The lowest BCUT2D eigenvalue weighted by Crippen LogP contribution is -2.20. The summed E-state index contributed by atoms with van der Waals surface area (Å²) >= 11 is 0. The topological polar surface area (TPSA) is 37.4 Å². The maximum Gasteiger partial charge on any atom is 0.213 e. The summed E-state index contributed by atoms with van der Waals surface area (Å²) in [7, 11) is 4.06. The molecule has 0 aromatic carbocycles. The Balaban J connectivity index is 2.36. The van der Waals surface area contributed by atoms with Crippen molar-refractivity contribution in [3.8, 4) is 5.88 Å². The third-order valence-corrected chi connectivity index (χ3v) is 2.47. The number of pyridine rings is 1. The van der Waals surface area contributed by atoms with Crippen molar-refractivity contribution in [2.75, 3.05) is 33.8 Å². The Morgan fingerprint density at radius 3 is 2.83 bits per heavy atom. The Hall–Kier alpha value is -1.13. The molecule has 0 aliphatic rings. The van der Waals surface area contributed by atoms with Crippen LogP contribution in [0.25, 0.3) is 0 Å². The summed E-state index contributed by atoms with van der Waals surface area (Å²) in [5.74, 6) is 1.38. The minimum atomic E-state index is 0.669. The monoisotopic (exact) mass is 251 g/mol. The standard InChI is InChI=1S/C14H25N3O/c1-12(2)10-15-11-13-5-6-16-14(9-13)18-8-7-17(3)4/h5-6,9,12,15H,7-8,10-11H2,1-4H3. The zero-order valence-electron chi connectivity index (χ0n) is 11.9. The van der Waals surface area contributed by atoms with Crippen molar-refractivity contribution in [2.45, 2.75) is 20.4 Å². The second-order valence-corrected chi connectivity index (χ2v) is 5.18. The summed E-state index contributed by atoms with van der Waals surface area (Å²) in [6.45, 7) is 7.87. The normalized spacial score (nSPS) is 11.2. The molecule has 18 heavy (non-hydrogen) atoms. The molecule has 4 heteroatoms. The highest BCUT2D eigenvalue weighted by Gasteiger charge is 2.00. The molecule has 1 heterocycles. The van der Waals surface area contributed by atoms with Gasteiger partial charge in [0.2, 0.25) is 5.88 Å². The molecule has 0 radical (unpaired) electrons. The van der Waals surface area contributed by atoms with Gasteiger partial charge in [-0.05, 0) is 38.2 Å². The number of aromatic nitrogens is 1. The lowest BCUT2D eigenvalue weighted by molar-refractivity contribution is 0.253. The lowest BCUT2D eigenvalue weighted by Gasteiger charge is -2.11. The number of nitrogens with zero attached hydrogens (tertiary/aromatic N) is 2. The third-order valence-electron chi connectivity index (χ3n) is 2.47. The van der Waals surface area contributed by atoms with Crippen LogP contribution < -0.4 is 10.1 Å². The van der Waals surface area contributed by atoms with E-state index in [2.05, 4.69) is 29.0 Å². The van der Waals surface area contributed by atoms with Crippen molar-refractivity contribution < 1.29 is 4.74 Å². The highest BCUT2D eigenvalue weighted by Crippen LogP contribution is 2.09. The molecule has 1 aromatic heterocycles. The zero-order valence-corrected chi connectivity index (χ0v) is 11.9. The van der Waals surface area contributed by atoms with E-state index in [0.717, 1.165) is 19.6 Å². The molecule has 0 aliphatic carbocycles. The van der Waals surface area contributed by atoms with Gasteiger partial charge in [0.25, 0.3) is 0 Å². The average Bonchev–Trinajstić information content (AvgIpc) is 2.28. The van der Waals surface area contributed by atoms with E-state index in [-0.39, 0.29) is 0 Å². The molecule has 1 rings (SSSR count). The van der Waals surface area contributed by atoms with Gasteiger partial charge in [0.05, 0.1) is 0 Å². The van der Waals surface area contributed by atoms with Crippen LogP contribution in [0, 0.1) is 5.92 Å². The van der Waals surface area contributed by atoms with Gasteiger partial charge in [-0.3, -0.25) is 0 Å². The van der Waals surface area contributed by atoms with Crippen LogP contribution >= 0.6 is 0 Å². The van der Waals surface area contributed by atoms with Crippen molar-refractivity contribution in [3.63, 3.8) is 0 Å². The first kappa shape index (κ1) is 14.9. The van der Waals surface area contributed by atoms with Crippen LogP contribution in [-0.2, 0) is 6.54 Å². The molecule has 102 valence electrons. The molecule has 0 fully saturated rings. The van der Waals surface area contributed by atoms with E-state index >= 15 is 0 Å². The number of nitrogens with one attached hydrogen (secondary N) is 1. The van der Waals surface area contributed by atoms with E-state index in [9.17, 15) is 0 Å². The van der Waals surface area contributed by atoms with Crippen molar-refractivity contribution in [3.05, 3.63) is 23.9 Å². The Morgan fingerprint density at radius 1 is 1.39 bits per heavy atom. The SMILES string of the molecule is CC(C)CNCc1ccnc(OCCN(C)C)c1. The molecule has 0 spiro atoms. The molecular weight excluding hydrogens is 226 g/mol. The Morgan fingerprint density at radius 2 is 2.17 bits per heavy atom. The molecule has 0 atom stereocenters. The molecule has 0 bridgehead atoms. The smallest absolute Gasteiger partial charge is 0.213 e. The van der Waals surface area contributed by atoms with Crippen LogP contribution in [0.5, 0.6) is 5.88 Å². The number of hydrogen-bond acceptors (Lipinski definition) is 4. The molecule has 1 N–H and O–H groups in total. The lowest BCUT2D eigenvalue weighted by atomic mass is 10.2. The van der Waals surface area contributed by atoms with Crippen LogP contribution in [-0.4, -0.2) is 43.7 Å². The maximum atomic E-state index is 5.60. The summed E-state index contributed by atoms with van der Waals surface area (Å²) in [6.07, 6.45) is 1.80. The van der Waals surface area contributed by atoms with Gasteiger partial charge in [0.15, 0.2) is 0 Å². The molecule has 0 aliphatic heterocycles. The van der Waals surface area contributed by atoms with Gasteiger partial charge in [-0.15, -0.1) is 0 Å². The zero-order chi connectivity index (χ0) is 13.4. The maximum absolute atomic E-state index is 5.60. The summed E-state index contributed by atoms with van der Waals surface area (Å²) < 4.78 is 5.60. The van der Waals surface area contributed by atoms with Gasteiger partial charge in [-0.25, -0.2) is 4.98 Å². The fraction of sp³-hybridized carbons (Fsp3) is 0.643. The van der Waals surface area contributed by atoms with Crippen LogP contribution in [0.2, 0.25) is 0 Å². The molecule has 0 unspecified atom stereocenters. The Labute approximate surface area is 110 Å². The number of rotatable bonds is 8. The van der Waals surface area contributed by atoms with Crippen LogP contribution in [0.15, 0.2) is 18.3 Å². The van der Waals surface area contributed by atoms with Gasteiger partial charge in [-0.1, -0.05) is 13.8 Å². The number of hydrogen-bond donors (Lipinski definition) is 1. The van der Waals surface area contributed by atoms with Crippen LogP contribution in [0.3, 0.4) is 0 Å². The predicted octanol–water partition coefficient (Wildman–Crippen LogP) is 1.77. The fourth-order valence-corrected chi connectivity index (χ4v) is 1.48. The first-order valence-electron chi connectivity index (χ1n) is 6.51. The van der Waals surface area contributed by atoms with Crippen LogP contribution in [0.4, 0.5) is 0 Å². The largest absolute Gasteiger partial charge is 0.476 e. The summed E-state index contributed by atoms with van der Waals surface area (Å²) in [6, 6.07) is 4.02. The van der Waals surface area contributed by atoms with Crippen molar-refractivity contribution in [2.24, 2.45) is 5.92 Å². The first-order valence-corrected chi connectivity index (χ1v) is 6.51. The minimum Gasteiger partial charge on any atom is -0.476 e. The molecule has 0 amide bonds. The number of likely N-dealkylation sites (N-methyl/N-ethyl adjacent to an activating group) is 1. The van der Waals surface area contributed by atoms with Crippen molar-refractivity contribution >= 4 is 0 Å². The van der Waals surface area contributed by atoms with E-state index in [4.69, 9.17) is 4.74 Å². The predicted molar refractivity (Wildman–Crippen MR) is 74.8 cm³/mol. The third kappa shape index (κ3) is 6.57. The van der Waals surface area contributed by atoms with E-state index in [1.54, 1.807) is 6.20 Å². The molecule has 1 aromatic rings. The fourth-order valence-electron chi connectivity index (χ4n) is 1.48. The van der Waals surface area contributed by atoms with Gasteiger partial charge in [-0.2, -0.15) is 0 Å². The Bertz CT molecular complexity index is 310. The van der Waals surface area contributed by atoms with Gasteiger partial charge in [0.1, 0.15) is 6.61 Å². The van der Waals surface area contributed by atoms with Crippen molar-refractivity contribution in [1.82, 2.24) is 15.2 Å². The molecule has 0 saturated carbocycles. The minimum absolute atomic E-state index is 0.669. The van der Waals surface area contributed by atoms with E-state index in [0.29, 0.717) is 18.4 Å². The summed E-state index contributed by atoms with van der Waals surface area (Å²) in [4.78, 5) is 6.30. The van der Waals surface area contributed by atoms with E-state index in [1.807, 2.05) is 26.2 Å². The summed E-state index contributed by atoms with van der Waals surface area (Å²) in [5, 5.41) is 3.41. The van der Waals surface area contributed by atoms with Crippen molar-refractivity contribution in [1.29, 1.82) is 0 Å². The average molecular weight is 251 g/mol. The summed E-state index contributed by atoms with van der Waals surface area (Å²) in [5.41, 5.74) is 1.21. The van der Waals surface area contributed by atoms with E-state index < -0.39 is 0 Å². The second-order valence-electron chi connectivity index (χ2n) is 5.18. The highest BCUT2D eigenvalue weighted by molar-refractivity contribution is 5.20. The molecule has 0 saturated heterocycles. The van der Waals surface area contributed by atoms with Gasteiger partial charge in [0, 0.05) is 25.4 Å². The second kappa shape index (κ2) is 8.06. The number of ether oxygens (including phenoxy) is 1. The molecular formula is C14H25N3O. The van der Waals surface area contributed by atoms with Gasteiger partial charge >= 0.3 is 0 Å². The highest BCUT2D eigenvalue weighted by atomic mass is 16.5. The Kier molecular flexibility index (Phi) is 6.68. The van der Waals surface area contributed by atoms with Gasteiger partial charge < -0.3 is 15.0 Å². The first-order chi connectivity index (χ1) is 8.58.